The van der Waals surface area contributed by atoms with Gasteiger partial charge in [-0.15, -0.1) is 0 Å². The van der Waals surface area contributed by atoms with Crippen molar-refractivity contribution < 1.29 is 9.53 Å². The third kappa shape index (κ3) is 11.5. The number of methoxy groups -OCH3 is 1. The number of hydrogen-bond acceptors (Lipinski definition) is 3. The lowest BCUT2D eigenvalue weighted by Crippen LogP contribution is -2.41. The summed E-state index contributed by atoms with van der Waals surface area (Å²) in [4.78, 5) is 11.4. The van der Waals surface area contributed by atoms with Gasteiger partial charge in [0.25, 0.3) is 0 Å². The van der Waals surface area contributed by atoms with E-state index in [-0.39, 0.29) is 11.9 Å². The molecule has 16 heavy (non-hydrogen) atoms. The first-order valence-electron chi connectivity index (χ1n) is 6.10. The average molecular weight is 232 g/mol. The van der Waals surface area contributed by atoms with Gasteiger partial charge in [-0.1, -0.05) is 27.7 Å². The van der Waals surface area contributed by atoms with Gasteiger partial charge in [-0.3, -0.25) is 4.79 Å². The van der Waals surface area contributed by atoms with E-state index in [0.29, 0.717) is 19.1 Å². The van der Waals surface area contributed by atoms with E-state index >= 15 is 0 Å². The van der Waals surface area contributed by atoms with Crippen LogP contribution in [-0.4, -0.2) is 32.2 Å². The van der Waals surface area contributed by atoms with Crippen LogP contribution in [0, 0.1) is 5.92 Å². The lowest BCUT2D eigenvalue weighted by molar-refractivity contribution is -0.122. The third-order valence-electron chi connectivity index (χ3n) is 1.89. The lowest BCUT2D eigenvalue weighted by Gasteiger charge is -2.13. The van der Waals surface area contributed by atoms with Gasteiger partial charge >= 0.3 is 0 Å². The molecule has 3 N–H and O–H groups in total. The van der Waals surface area contributed by atoms with Gasteiger partial charge in [-0.05, 0) is 18.8 Å². The summed E-state index contributed by atoms with van der Waals surface area (Å²) in [6, 6.07) is -0.377. The summed E-state index contributed by atoms with van der Waals surface area (Å²) in [7, 11) is 1.65. The Kier molecular flexibility index (Phi) is 13.8. The Morgan fingerprint density at radius 3 is 2.38 bits per heavy atom. The topological polar surface area (TPSA) is 64.3 Å². The van der Waals surface area contributed by atoms with Crippen molar-refractivity contribution in [3.05, 3.63) is 0 Å². The Bertz CT molecular complexity index is 161. The Morgan fingerprint density at radius 1 is 1.38 bits per heavy atom. The van der Waals surface area contributed by atoms with Crippen LogP contribution in [0.1, 0.15) is 40.5 Å². The summed E-state index contributed by atoms with van der Waals surface area (Å²) in [5.41, 5.74) is 5.69. The minimum absolute atomic E-state index is 0.0604. The van der Waals surface area contributed by atoms with E-state index in [1.165, 1.54) is 0 Å². The molecule has 0 rings (SSSR count). The van der Waals surface area contributed by atoms with Gasteiger partial charge in [-0.25, -0.2) is 0 Å². The smallest absolute Gasteiger partial charge is 0.236 e. The monoisotopic (exact) mass is 232 g/mol. The highest BCUT2D eigenvalue weighted by molar-refractivity contribution is 5.81. The molecule has 0 bridgehead atoms. The van der Waals surface area contributed by atoms with Crippen LogP contribution in [0.3, 0.4) is 0 Å². The van der Waals surface area contributed by atoms with Gasteiger partial charge < -0.3 is 15.8 Å². The molecule has 98 valence electrons. The summed E-state index contributed by atoms with van der Waals surface area (Å²) in [5.74, 6) is 0.393. The molecular formula is C12H28N2O2. The maximum Gasteiger partial charge on any atom is 0.236 e. The zero-order chi connectivity index (χ0) is 13.0. The van der Waals surface area contributed by atoms with E-state index in [1.54, 1.807) is 7.11 Å². The molecule has 4 nitrogen and oxygen atoms in total. The number of carbonyl (C=O) groups is 1. The second kappa shape index (κ2) is 12.5. The first kappa shape index (κ1) is 17.8. The number of hydrogen-bond donors (Lipinski definition) is 2. The summed E-state index contributed by atoms with van der Waals surface area (Å²) in [5, 5.41) is 2.78. The molecular weight excluding hydrogens is 204 g/mol. The van der Waals surface area contributed by atoms with Crippen molar-refractivity contribution in [2.45, 2.75) is 46.6 Å². The molecule has 1 atom stereocenters. The molecule has 0 aromatic heterocycles. The Hall–Kier alpha value is -0.610. The highest BCUT2D eigenvalue weighted by atomic mass is 16.5. The maximum atomic E-state index is 11.4. The minimum Gasteiger partial charge on any atom is -0.385 e. The van der Waals surface area contributed by atoms with Gasteiger partial charge in [0, 0.05) is 20.3 Å². The molecule has 0 saturated heterocycles. The van der Waals surface area contributed by atoms with Gasteiger partial charge in [0.2, 0.25) is 5.91 Å². The van der Waals surface area contributed by atoms with Crippen LogP contribution in [-0.2, 0) is 9.53 Å². The van der Waals surface area contributed by atoms with Crippen LogP contribution in [0.5, 0.6) is 0 Å². The summed E-state index contributed by atoms with van der Waals surface area (Å²) in [6.07, 6.45) is 1.56. The first-order chi connectivity index (χ1) is 7.57. The molecule has 0 aliphatic heterocycles. The lowest BCUT2D eigenvalue weighted by atomic mass is 10.0. The normalized spacial score (nSPS) is 11.7. The van der Waals surface area contributed by atoms with Crippen LogP contribution in [0.4, 0.5) is 0 Å². The van der Waals surface area contributed by atoms with E-state index < -0.39 is 0 Å². The molecule has 1 amide bonds. The van der Waals surface area contributed by atoms with Crippen LogP contribution in [0.2, 0.25) is 0 Å². The van der Waals surface area contributed by atoms with Crippen molar-refractivity contribution in [1.29, 1.82) is 0 Å². The fourth-order valence-electron chi connectivity index (χ4n) is 1.17. The number of carbonyl (C=O) groups excluding carboxylic acids is 1. The van der Waals surface area contributed by atoms with Gasteiger partial charge in [0.15, 0.2) is 0 Å². The molecule has 0 fully saturated rings. The standard InChI is InChI=1S/C10H22N2O2.C2H6/c1-8(2)7-9(11)10(13)12-5-4-6-14-3;1-2/h8-9H,4-7,11H2,1-3H3,(H,12,13);1-2H3/t9-;/m0./s1. The Morgan fingerprint density at radius 2 is 1.94 bits per heavy atom. The third-order valence-corrected chi connectivity index (χ3v) is 1.89. The molecule has 0 aromatic rings. The number of rotatable bonds is 7. The molecule has 0 heterocycles. The number of ether oxygens (including phenoxy) is 1. The summed E-state index contributed by atoms with van der Waals surface area (Å²) >= 11 is 0. The zero-order valence-electron chi connectivity index (χ0n) is 11.4. The van der Waals surface area contributed by atoms with Crippen molar-refractivity contribution in [3.63, 3.8) is 0 Å². The van der Waals surface area contributed by atoms with Crippen LogP contribution >= 0.6 is 0 Å². The fraction of sp³-hybridized carbons (Fsp3) is 0.917. The fourth-order valence-corrected chi connectivity index (χ4v) is 1.17. The predicted octanol–water partition coefficient (Wildman–Crippen LogP) is 1.54. The second-order valence-electron chi connectivity index (χ2n) is 3.87. The van der Waals surface area contributed by atoms with E-state index in [0.717, 1.165) is 12.8 Å². The van der Waals surface area contributed by atoms with Gasteiger partial charge in [-0.2, -0.15) is 0 Å². The number of amides is 1. The van der Waals surface area contributed by atoms with Crippen LogP contribution in [0.15, 0.2) is 0 Å². The Labute approximate surface area is 99.9 Å². The first-order valence-corrected chi connectivity index (χ1v) is 6.10. The molecule has 0 radical (unpaired) electrons. The number of nitrogens with two attached hydrogens (primary N) is 1. The number of nitrogens with one attached hydrogen (secondary N) is 1. The highest BCUT2D eigenvalue weighted by Crippen LogP contribution is 2.02. The molecule has 0 spiro atoms. The molecule has 0 aliphatic carbocycles. The average Bonchev–Trinajstić information content (AvgIpc) is 2.26. The molecule has 4 heteroatoms. The highest BCUT2D eigenvalue weighted by Gasteiger charge is 2.13. The predicted molar refractivity (Wildman–Crippen MR) is 68.3 cm³/mol. The SMILES string of the molecule is CC.COCCCNC(=O)[C@@H](N)CC(C)C. The van der Waals surface area contributed by atoms with Gasteiger partial charge in [0.05, 0.1) is 6.04 Å². The zero-order valence-corrected chi connectivity index (χ0v) is 11.4. The van der Waals surface area contributed by atoms with Crippen molar-refractivity contribution in [3.8, 4) is 0 Å². The van der Waals surface area contributed by atoms with E-state index in [2.05, 4.69) is 19.2 Å². The molecule has 0 aliphatic rings. The van der Waals surface area contributed by atoms with Crippen LogP contribution in [0.25, 0.3) is 0 Å². The summed E-state index contributed by atoms with van der Waals surface area (Å²) < 4.78 is 4.87. The minimum atomic E-state index is -0.377. The van der Waals surface area contributed by atoms with Crippen molar-refractivity contribution in [2.75, 3.05) is 20.3 Å². The largest absolute Gasteiger partial charge is 0.385 e. The van der Waals surface area contributed by atoms with E-state index in [4.69, 9.17) is 10.5 Å². The van der Waals surface area contributed by atoms with Gasteiger partial charge in [0.1, 0.15) is 0 Å². The van der Waals surface area contributed by atoms with E-state index in [1.807, 2.05) is 13.8 Å². The quantitative estimate of drug-likeness (QED) is 0.654. The Balaban J connectivity index is 0. The van der Waals surface area contributed by atoms with Crippen molar-refractivity contribution in [2.24, 2.45) is 11.7 Å². The summed E-state index contributed by atoms with van der Waals surface area (Å²) in [6.45, 7) is 9.41. The molecule has 0 aromatic carbocycles. The maximum absolute atomic E-state index is 11.4. The van der Waals surface area contributed by atoms with E-state index in [9.17, 15) is 4.79 Å². The molecule has 0 saturated carbocycles. The molecule has 0 unspecified atom stereocenters. The van der Waals surface area contributed by atoms with Crippen molar-refractivity contribution >= 4 is 5.91 Å². The second-order valence-corrected chi connectivity index (χ2v) is 3.87. The van der Waals surface area contributed by atoms with Crippen molar-refractivity contribution in [1.82, 2.24) is 5.32 Å². The van der Waals surface area contributed by atoms with Crippen LogP contribution < -0.4 is 11.1 Å².